The molecule has 0 unspecified atom stereocenters. The number of hydrogen-bond donors (Lipinski definition) is 1. The van der Waals surface area contributed by atoms with E-state index in [0.29, 0.717) is 5.76 Å². The van der Waals surface area contributed by atoms with Gasteiger partial charge < -0.3 is 19.5 Å². The number of carbonyl (C=O) groups is 1. The van der Waals surface area contributed by atoms with Gasteiger partial charge in [-0.1, -0.05) is 23.2 Å². The molecule has 0 aliphatic rings. The Bertz CT molecular complexity index is 682. The molecule has 1 amide bonds. The molecule has 0 saturated carbocycles. The van der Waals surface area contributed by atoms with Gasteiger partial charge in [-0.05, 0) is 13.0 Å². The molecule has 9 heteroatoms. The van der Waals surface area contributed by atoms with Gasteiger partial charge in [-0.3, -0.25) is 9.78 Å². The van der Waals surface area contributed by atoms with Gasteiger partial charge in [0.15, 0.2) is 12.5 Å². The van der Waals surface area contributed by atoms with Crippen molar-refractivity contribution < 1.29 is 19.0 Å². The summed E-state index contributed by atoms with van der Waals surface area (Å²) in [4.78, 5) is 19.9. The zero-order valence-electron chi connectivity index (χ0n) is 14.3. The van der Waals surface area contributed by atoms with Crippen LogP contribution in [0.15, 0.2) is 41.2 Å². The maximum absolute atomic E-state index is 11.9. The van der Waals surface area contributed by atoms with E-state index in [4.69, 9.17) is 37.4 Å². The second-order valence-corrected chi connectivity index (χ2v) is 5.34. The van der Waals surface area contributed by atoms with Crippen LogP contribution in [0.1, 0.15) is 13.8 Å². The van der Waals surface area contributed by atoms with Crippen molar-refractivity contribution in [3.05, 3.63) is 46.2 Å². The molecule has 1 N–H and O–H groups in total. The van der Waals surface area contributed by atoms with Gasteiger partial charge >= 0.3 is 0 Å². The number of anilines is 1. The van der Waals surface area contributed by atoms with Crippen LogP contribution in [0.4, 0.5) is 5.69 Å². The van der Waals surface area contributed by atoms with E-state index in [-0.39, 0.29) is 34.1 Å². The molecule has 0 bridgehead atoms. The van der Waals surface area contributed by atoms with Crippen LogP contribution >= 0.6 is 23.2 Å². The molecule has 25 heavy (non-hydrogen) atoms. The van der Waals surface area contributed by atoms with E-state index < -0.39 is 5.91 Å². The average molecular weight is 388 g/mol. The third-order valence-electron chi connectivity index (χ3n) is 2.79. The first-order valence-corrected chi connectivity index (χ1v) is 7.89. The number of rotatable bonds is 7. The number of methoxy groups -OCH3 is 2. The SMILES string of the molecule is CC=C(/C=C(\N=C(/C)OCC(=O)Nc1c(Cl)cncc1Cl)OC)OC. The van der Waals surface area contributed by atoms with Crippen molar-refractivity contribution in [3.63, 3.8) is 0 Å². The molecule has 0 aliphatic heterocycles. The summed E-state index contributed by atoms with van der Waals surface area (Å²) in [6.45, 7) is 3.13. The van der Waals surface area contributed by atoms with Crippen LogP contribution < -0.4 is 5.32 Å². The minimum absolute atomic E-state index is 0.231. The van der Waals surface area contributed by atoms with Crippen molar-refractivity contribution in [2.75, 3.05) is 26.1 Å². The van der Waals surface area contributed by atoms with Gasteiger partial charge in [-0.15, -0.1) is 0 Å². The molecule has 0 saturated heterocycles. The van der Waals surface area contributed by atoms with E-state index in [1.54, 1.807) is 19.1 Å². The van der Waals surface area contributed by atoms with Gasteiger partial charge in [0.2, 0.25) is 5.88 Å². The second kappa shape index (κ2) is 10.6. The van der Waals surface area contributed by atoms with E-state index >= 15 is 0 Å². The predicted molar refractivity (Wildman–Crippen MR) is 97.8 cm³/mol. The molecule has 1 aromatic heterocycles. The Hall–Kier alpha value is -2.25. The first-order chi connectivity index (χ1) is 11.9. The smallest absolute Gasteiger partial charge is 0.262 e. The molecule has 7 nitrogen and oxygen atoms in total. The zero-order valence-corrected chi connectivity index (χ0v) is 15.8. The van der Waals surface area contributed by atoms with Gasteiger partial charge in [0.05, 0.1) is 30.0 Å². The lowest BCUT2D eigenvalue weighted by Crippen LogP contribution is -2.20. The average Bonchev–Trinajstić information content (AvgIpc) is 2.60. The number of carbonyl (C=O) groups excluding carboxylic acids is 1. The van der Waals surface area contributed by atoms with Crippen molar-refractivity contribution in [1.82, 2.24) is 4.98 Å². The van der Waals surface area contributed by atoms with E-state index in [1.165, 1.54) is 26.6 Å². The van der Waals surface area contributed by atoms with Crippen LogP contribution in [-0.2, 0) is 19.0 Å². The summed E-state index contributed by atoms with van der Waals surface area (Å²) < 4.78 is 15.5. The molecular weight excluding hydrogens is 369 g/mol. The van der Waals surface area contributed by atoms with Gasteiger partial charge in [0, 0.05) is 25.4 Å². The standard InChI is InChI=1S/C16H19Cl2N3O4/c1-5-11(23-3)6-15(24-4)20-10(2)25-9-14(22)21-16-12(17)7-19-8-13(16)18/h5-8H,9H2,1-4H3,(H,19,21,22)/b11-5?,15-6+,20-10+. The fourth-order valence-corrected chi connectivity index (χ4v) is 2.04. The largest absolute Gasteiger partial charge is 0.497 e. The van der Waals surface area contributed by atoms with E-state index in [1.807, 2.05) is 6.92 Å². The number of hydrogen-bond acceptors (Lipinski definition) is 6. The Morgan fingerprint density at radius 1 is 1.28 bits per heavy atom. The molecule has 136 valence electrons. The number of amides is 1. The first-order valence-electron chi connectivity index (χ1n) is 7.14. The van der Waals surface area contributed by atoms with Crippen molar-refractivity contribution in [1.29, 1.82) is 0 Å². The van der Waals surface area contributed by atoms with Crippen LogP contribution in [0.5, 0.6) is 0 Å². The Balaban J connectivity index is 2.68. The number of nitrogens with one attached hydrogen (secondary N) is 1. The predicted octanol–water partition coefficient (Wildman–Crippen LogP) is 3.80. The number of allylic oxidation sites excluding steroid dienone is 2. The molecule has 0 aromatic carbocycles. The number of aliphatic imine (C=N–C) groups is 1. The number of aromatic nitrogens is 1. The Morgan fingerprint density at radius 3 is 2.44 bits per heavy atom. The van der Waals surface area contributed by atoms with E-state index in [2.05, 4.69) is 15.3 Å². The summed E-state index contributed by atoms with van der Waals surface area (Å²) in [5, 5.41) is 3.02. The lowest BCUT2D eigenvalue weighted by atomic mass is 10.4. The minimum atomic E-state index is -0.446. The molecule has 0 spiro atoms. The van der Waals surface area contributed by atoms with Gasteiger partial charge in [-0.2, -0.15) is 4.99 Å². The van der Waals surface area contributed by atoms with E-state index in [0.717, 1.165) is 0 Å². The van der Waals surface area contributed by atoms with Gasteiger partial charge in [0.1, 0.15) is 5.76 Å². The van der Waals surface area contributed by atoms with Crippen molar-refractivity contribution in [2.24, 2.45) is 4.99 Å². The summed E-state index contributed by atoms with van der Waals surface area (Å²) in [5.74, 6) is 0.640. The normalized spacial score (nSPS) is 12.6. The van der Waals surface area contributed by atoms with Crippen LogP contribution in [0.2, 0.25) is 10.0 Å². The second-order valence-electron chi connectivity index (χ2n) is 4.53. The zero-order chi connectivity index (χ0) is 18.8. The molecule has 1 aromatic rings. The molecule has 1 rings (SSSR count). The molecule has 0 aliphatic carbocycles. The van der Waals surface area contributed by atoms with Crippen LogP contribution in [-0.4, -0.2) is 37.6 Å². The Kier molecular flexibility index (Phi) is 8.80. The van der Waals surface area contributed by atoms with Crippen LogP contribution in [0.3, 0.4) is 0 Å². The Labute approximate surface area is 156 Å². The van der Waals surface area contributed by atoms with Gasteiger partial charge in [-0.25, -0.2) is 0 Å². The third kappa shape index (κ3) is 7.03. The number of nitrogens with zero attached hydrogens (tertiary/aromatic N) is 2. The number of halogens is 2. The van der Waals surface area contributed by atoms with Crippen molar-refractivity contribution in [2.45, 2.75) is 13.8 Å². The lowest BCUT2D eigenvalue weighted by Gasteiger charge is -2.10. The summed E-state index contributed by atoms with van der Waals surface area (Å²) >= 11 is 11.9. The quantitative estimate of drug-likeness (QED) is 0.333. The molecule has 0 atom stereocenters. The molecule has 1 heterocycles. The fourth-order valence-electron chi connectivity index (χ4n) is 1.58. The summed E-state index contributed by atoms with van der Waals surface area (Å²) in [6.07, 6.45) is 6.09. The number of pyridine rings is 1. The maximum atomic E-state index is 11.9. The highest BCUT2D eigenvalue weighted by atomic mass is 35.5. The van der Waals surface area contributed by atoms with Gasteiger partial charge in [0.25, 0.3) is 5.91 Å². The van der Waals surface area contributed by atoms with Crippen LogP contribution in [0, 0.1) is 0 Å². The van der Waals surface area contributed by atoms with Crippen LogP contribution in [0.25, 0.3) is 0 Å². The first kappa shape index (κ1) is 20.8. The maximum Gasteiger partial charge on any atom is 0.262 e. The van der Waals surface area contributed by atoms with Crippen molar-refractivity contribution in [3.8, 4) is 0 Å². The fraction of sp³-hybridized carbons (Fsp3) is 0.312. The van der Waals surface area contributed by atoms with E-state index in [9.17, 15) is 4.79 Å². The topological polar surface area (TPSA) is 82.0 Å². The monoisotopic (exact) mass is 387 g/mol. The highest BCUT2D eigenvalue weighted by Crippen LogP contribution is 2.28. The summed E-state index contributed by atoms with van der Waals surface area (Å²) in [6, 6.07) is 0. The third-order valence-corrected chi connectivity index (χ3v) is 3.37. The van der Waals surface area contributed by atoms with Crippen molar-refractivity contribution >= 4 is 40.7 Å². The molecule has 0 fully saturated rings. The summed E-state index contributed by atoms with van der Waals surface area (Å²) in [7, 11) is 3.00. The number of ether oxygens (including phenoxy) is 3. The molecular formula is C16H19Cl2N3O4. The highest BCUT2D eigenvalue weighted by molar-refractivity contribution is 6.39. The molecule has 0 radical (unpaired) electrons. The minimum Gasteiger partial charge on any atom is -0.497 e. The Morgan fingerprint density at radius 2 is 1.92 bits per heavy atom. The highest BCUT2D eigenvalue weighted by Gasteiger charge is 2.11. The lowest BCUT2D eigenvalue weighted by molar-refractivity contribution is -0.118. The summed E-state index contributed by atoms with van der Waals surface area (Å²) in [5.41, 5.74) is 0.275.